The van der Waals surface area contributed by atoms with E-state index < -0.39 is 0 Å². The summed E-state index contributed by atoms with van der Waals surface area (Å²) in [4.78, 5) is 18.2. The Balaban J connectivity index is 1.91. The number of carbonyl (C=O) groups is 1. The van der Waals surface area contributed by atoms with Crippen molar-refractivity contribution in [3.63, 3.8) is 0 Å². The molecule has 3 rings (SSSR count). The standard InChI is InChI=1S/C14H15ClN4OS/c1-16-13-9-3-10(15)12(4-11(9)18-14(13)20)19(2)5-8-6-21-7-17-8/h3-4,6-7,13,16H,5H2,1-2H3,(H,18,20). The molecule has 2 N–H and O–H groups in total. The lowest BCUT2D eigenvalue weighted by molar-refractivity contribution is -0.117. The van der Waals surface area contributed by atoms with Gasteiger partial charge in [-0.05, 0) is 19.2 Å². The van der Waals surface area contributed by atoms with Crippen molar-refractivity contribution in [3.05, 3.63) is 39.3 Å². The summed E-state index contributed by atoms with van der Waals surface area (Å²) in [5, 5.41) is 8.51. The highest BCUT2D eigenvalue weighted by molar-refractivity contribution is 7.07. The molecule has 0 radical (unpaired) electrons. The molecule has 0 saturated heterocycles. The summed E-state index contributed by atoms with van der Waals surface area (Å²) >= 11 is 7.96. The number of nitrogens with one attached hydrogen (secondary N) is 2. The van der Waals surface area contributed by atoms with Gasteiger partial charge in [-0.1, -0.05) is 11.6 Å². The molecule has 5 nitrogen and oxygen atoms in total. The summed E-state index contributed by atoms with van der Waals surface area (Å²) in [6, 6.07) is 3.43. The van der Waals surface area contributed by atoms with Crippen molar-refractivity contribution >= 4 is 40.2 Å². The van der Waals surface area contributed by atoms with Crippen LogP contribution in [0.2, 0.25) is 5.02 Å². The van der Waals surface area contributed by atoms with E-state index in [-0.39, 0.29) is 11.9 Å². The van der Waals surface area contributed by atoms with Crippen molar-refractivity contribution in [2.75, 3.05) is 24.3 Å². The zero-order valence-electron chi connectivity index (χ0n) is 11.7. The maximum absolute atomic E-state index is 11.9. The van der Waals surface area contributed by atoms with Crippen molar-refractivity contribution < 1.29 is 4.79 Å². The molecule has 1 aromatic carbocycles. The molecule has 1 aromatic heterocycles. The molecule has 1 unspecified atom stereocenters. The molecule has 0 aliphatic carbocycles. The first kappa shape index (κ1) is 14.3. The van der Waals surface area contributed by atoms with E-state index in [1.165, 1.54) is 0 Å². The second-order valence-electron chi connectivity index (χ2n) is 4.94. The average Bonchev–Trinajstić information content (AvgIpc) is 3.04. The lowest BCUT2D eigenvalue weighted by atomic mass is 10.1. The number of likely N-dealkylation sites (N-methyl/N-ethyl adjacent to an activating group) is 1. The van der Waals surface area contributed by atoms with Gasteiger partial charge in [-0.25, -0.2) is 4.98 Å². The number of hydrogen-bond donors (Lipinski definition) is 2. The molecule has 2 heterocycles. The number of benzene rings is 1. The van der Waals surface area contributed by atoms with Gasteiger partial charge in [0.05, 0.1) is 28.5 Å². The van der Waals surface area contributed by atoms with Crippen molar-refractivity contribution in [1.29, 1.82) is 0 Å². The molecule has 0 spiro atoms. The minimum absolute atomic E-state index is 0.0529. The van der Waals surface area contributed by atoms with Crippen LogP contribution in [0.1, 0.15) is 17.3 Å². The lowest BCUT2D eigenvalue weighted by Gasteiger charge is -2.21. The third kappa shape index (κ3) is 2.62. The third-order valence-corrected chi connectivity index (χ3v) is 4.47. The lowest BCUT2D eigenvalue weighted by Crippen LogP contribution is -2.23. The highest BCUT2D eigenvalue weighted by Gasteiger charge is 2.30. The van der Waals surface area contributed by atoms with Gasteiger partial charge in [-0.3, -0.25) is 4.79 Å². The number of halogens is 1. The number of thiazole rings is 1. The second-order valence-corrected chi connectivity index (χ2v) is 6.06. The molecule has 0 fully saturated rings. The minimum atomic E-state index is -0.338. The molecule has 1 aliphatic heterocycles. The van der Waals surface area contributed by atoms with E-state index in [0.29, 0.717) is 11.6 Å². The van der Waals surface area contributed by atoms with Gasteiger partial charge in [0.2, 0.25) is 5.91 Å². The molecule has 2 aromatic rings. The zero-order chi connectivity index (χ0) is 15.0. The first-order valence-electron chi connectivity index (χ1n) is 6.50. The molecular formula is C14H15ClN4OS. The second kappa shape index (κ2) is 5.63. The highest BCUT2D eigenvalue weighted by atomic mass is 35.5. The predicted molar refractivity (Wildman–Crippen MR) is 86.1 cm³/mol. The minimum Gasteiger partial charge on any atom is -0.367 e. The van der Waals surface area contributed by atoms with Gasteiger partial charge in [0, 0.05) is 23.7 Å². The highest BCUT2D eigenvalue weighted by Crippen LogP contribution is 2.38. The van der Waals surface area contributed by atoms with E-state index in [0.717, 1.165) is 22.6 Å². The number of fused-ring (bicyclic) bond motifs is 1. The number of amides is 1. The van der Waals surface area contributed by atoms with E-state index in [1.807, 2.05) is 35.0 Å². The summed E-state index contributed by atoms with van der Waals surface area (Å²) < 4.78 is 0. The Kier molecular flexibility index (Phi) is 3.84. The normalized spacial score (nSPS) is 16.7. The van der Waals surface area contributed by atoms with Gasteiger partial charge >= 0.3 is 0 Å². The van der Waals surface area contributed by atoms with Crippen molar-refractivity contribution in [2.45, 2.75) is 12.6 Å². The largest absolute Gasteiger partial charge is 0.367 e. The smallest absolute Gasteiger partial charge is 0.246 e. The van der Waals surface area contributed by atoms with E-state index in [4.69, 9.17) is 11.6 Å². The van der Waals surface area contributed by atoms with Crippen LogP contribution in [-0.2, 0) is 11.3 Å². The third-order valence-electron chi connectivity index (χ3n) is 3.53. The van der Waals surface area contributed by atoms with E-state index in [9.17, 15) is 4.79 Å². The predicted octanol–water partition coefficient (Wildman–Crippen LogP) is 2.65. The Bertz CT molecular complexity index is 674. The fourth-order valence-corrected chi connectivity index (χ4v) is 3.36. The van der Waals surface area contributed by atoms with Crippen LogP contribution in [0.15, 0.2) is 23.0 Å². The van der Waals surface area contributed by atoms with Crippen LogP contribution in [0.3, 0.4) is 0 Å². The van der Waals surface area contributed by atoms with E-state index >= 15 is 0 Å². The molecule has 0 bridgehead atoms. The van der Waals surface area contributed by atoms with Crippen LogP contribution in [0.5, 0.6) is 0 Å². The van der Waals surface area contributed by atoms with Crippen molar-refractivity contribution in [3.8, 4) is 0 Å². The van der Waals surface area contributed by atoms with Crippen LogP contribution in [0.25, 0.3) is 0 Å². The Morgan fingerprint density at radius 2 is 2.33 bits per heavy atom. The van der Waals surface area contributed by atoms with Crippen LogP contribution in [-0.4, -0.2) is 25.0 Å². The van der Waals surface area contributed by atoms with Crippen molar-refractivity contribution in [1.82, 2.24) is 10.3 Å². The number of carbonyl (C=O) groups excluding carboxylic acids is 1. The zero-order valence-corrected chi connectivity index (χ0v) is 13.3. The van der Waals surface area contributed by atoms with E-state index in [1.54, 1.807) is 18.4 Å². The van der Waals surface area contributed by atoms with Crippen molar-refractivity contribution in [2.24, 2.45) is 0 Å². The molecule has 1 atom stereocenters. The summed E-state index contributed by atoms with van der Waals surface area (Å²) in [6.45, 7) is 0.672. The van der Waals surface area contributed by atoms with Gasteiger partial charge in [0.15, 0.2) is 0 Å². The fourth-order valence-electron chi connectivity index (χ4n) is 2.49. The van der Waals surface area contributed by atoms with E-state index in [2.05, 4.69) is 15.6 Å². The summed E-state index contributed by atoms with van der Waals surface area (Å²) in [5.41, 5.74) is 5.38. The van der Waals surface area contributed by atoms with Gasteiger partial charge in [-0.2, -0.15) is 0 Å². The van der Waals surface area contributed by atoms with Gasteiger partial charge in [0.25, 0.3) is 0 Å². The number of rotatable bonds is 4. The Morgan fingerprint density at radius 3 is 3.00 bits per heavy atom. The number of anilines is 2. The molecule has 110 valence electrons. The monoisotopic (exact) mass is 322 g/mol. The molecular weight excluding hydrogens is 308 g/mol. The Morgan fingerprint density at radius 1 is 1.52 bits per heavy atom. The first-order chi connectivity index (χ1) is 10.1. The molecule has 1 aliphatic rings. The van der Waals surface area contributed by atoms with Crippen LogP contribution >= 0.6 is 22.9 Å². The summed E-state index contributed by atoms with van der Waals surface area (Å²) in [6.07, 6.45) is 0. The first-order valence-corrected chi connectivity index (χ1v) is 7.82. The topological polar surface area (TPSA) is 57.3 Å². The van der Waals surface area contributed by atoms with Gasteiger partial charge in [0.1, 0.15) is 6.04 Å². The fraction of sp³-hybridized carbons (Fsp3) is 0.286. The van der Waals surface area contributed by atoms with Gasteiger partial charge < -0.3 is 15.5 Å². The molecule has 7 heteroatoms. The summed E-state index contributed by atoms with van der Waals surface area (Å²) in [5.74, 6) is -0.0529. The summed E-state index contributed by atoms with van der Waals surface area (Å²) in [7, 11) is 3.72. The number of aromatic nitrogens is 1. The van der Waals surface area contributed by atoms with Gasteiger partial charge in [-0.15, -0.1) is 11.3 Å². The van der Waals surface area contributed by atoms with Crippen LogP contribution in [0, 0.1) is 0 Å². The molecule has 0 saturated carbocycles. The van der Waals surface area contributed by atoms with Crippen LogP contribution in [0.4, 0.5) is 11.4 Å². The molecule has 1 amide bonds. The Hall–Kier alpha value is -1.63. The number of nitrogens with zero attached hydrogens (tertiary/aromatic N) is 2. The quantitative estimate of drug-likeness (QED) is 0.908. The average molecular weight is 323 g/mol. The maximum Gasteiger partial charge on any atom is 0.246 e. The number of hydrogen-bond acceptors (Lipinski definition) is 5. The van der Waals surface area contributed by atoms with Crippen LogP contribution < -0.4 is 15.5 Å². The SMILES string of the molecule is CNC1C(=O)Nc2cc(N(C)Cc3cscn3)c(Cl)cc21. The maximum atomic E-state index is 11.9. The molecule has 21 heavy (non-hydrogen) atoms. The Labute approximate surface area is 131 Å².